The van der Waals surface area contributed by atoms with Crippen molar-refractivity contribution in [1.82, 2.24) is 0 Å². The number of likely N-dealkylation sites (N-methyl/N-ethyl adjacent to an activating group) is 1. The van der Waals surface area contributed by atoms with Crippen LogP contribution < -0.4 is 4.89 Å². The van der Waals surface area contributed by atoms with E-state index >= 15 is 0 Å². The molecule has 0 saturated carbocycles. The number of phosphoric ester groups is 1. The molecule has 0 aliphatic rings. The van der Waals surface area contributed by atoms with Crippen LogP contribution in [0.2, 0.25) is 0 Å². The fourth-order valence-electron chi connectivity index (χ4n) is 7.95. The fraction of sp³-hybridized carbons (Fsp3) is 0.962. The zero-order valence-electron chi connectivity index (χ0n) is 41.9. The lowest BCUT2D eigenvalue weighted by Gasteiger charge is -2.28. The molecule has 9 nitrogen and oxygen atoms in total. The van der Waals surface area contributed by atoms with Gasteiger partial charge in [0.05, 0.1) is 27.7 Å². The topological polar surface area (TPSA) is 111 Å². The van der Waals surface area contributed by atoms with Crippen LogP contribution in [0.25, 0.3) is 0 Å². The number of rotatable bonds is 50. The van der Waals surface area contributed by atoms with Crippen molar-refractivity contribution in [2.75, 3.05) is 47.5 Å². The van der Waals surface area contributed by atoms with E-state index in [1.165, 1.54) is 205 Å². The van der Waals surface area contributed by atoms with Crippen molar-refractivity contribution in [3.05, 3.63) is 0 Å². The number of nitrogens with zero attached hydrogens (tertiary/aromatic N) is 1. The van der Waals surface area contributed by atoms with Crippen LogP contribution in [0, 0.1) is 0 Å². The molecule has 0 aromatic rings. The third-order valence-corrected chi connectivity index (χ3v) is 13.1. The van der Waals surface area contributed by atoms with Crippen molar-refractivity contribution in [2.45, 2.75) is 277 Å². The van der Waals surface area contributed by atoms with Gasteiger partial charge in [-0.3, -0.25) is 14.2 Å². The van der Waals surface area contributed by atoms with E-state index < -0.39 is 26.5 Å². The average Bonchev–Trinajstić information content (AvgIpc) is 3.23. The van der Waals surface area contributed by atoms with Crippen molar-refractivity contribution in [3.63, 3.8) is 0 Å². The van der Waals surface area contributed by atoms with E-state index in [0.717, 1.165) is 32.1 Å². The highest BCUT2D eigenvalue weighted by Gasteiger charge is 2.21. The largest absolute Gasteiger partial charge is 0.756 e. The number of unbranched alkanes of at least 4 members (excludes halogenated alkanes) is 36. The molecule has 0 saturated heterocycles. The number of hydrogen-bond donors (Lipinski definition) is 0. The molecule has 0 rings (SSSR count). The normalized spacial score (nSPS) is 13.3. The molecule has 62 heavy (non-hydrogen) atoms. The predicted octanol–water partition coefficient (Wildman–Crippen LogP) is 15.3. The zero-order chi connectivity index (χ0) is 45.7. The average molecular weight is 902 g/mol. The number of esters is 2. The summed E-state index contributed by atoms with van der Waals surface area (Å²) in [5, 5.41) is 0. The standard InChI is InChI=1S/C52H104NO8P/c1-6-8-10-12-14-16-18-20-21-22-23-24-25-26-27-28-29-30-31-33-35-37-39-41-43-45-52(55)61-50(49-60-62(56,57)59-47-46-53(3,4)5)48-58-51(54)44-42-40-38-36-34-32-19-17-15-13-11-9-7-2/h50H,6-49H2,1-5H3. The first-order valence-corrected chi connectivity index (χ1v) is 28.2. The van der Waals surface area contributed by atoms with Gasteiger partial charge in [-0.2, -0.15) is 0 Å². The second-order valence-corrected chi connectivity index (χ2v) is 21.0. The molecule has 2 atom stereocenters. The summed E-state index contributed by atoms with van der Waals surface area (Å²) in [6.45, 7) is 4.29. The maximum atomic E-state index is 12.7. The molecule has 0 spiro atoms. The van der Waals surface area contributed by atoms with Crippen molar-refractivity contribution >= 4 is 19.8 Å². The second kappa shape index (κ2) is 45.2. The number of carbonyl (C=O) groups is 2. The van der Waals surface area contributed by atoms with E-state index in [0.29, 0.717) is 17.4 Å². The quantitative estimate of drug-likeness (QED) is 0.0257. The van der Waals surface area contributed by atoms with Crippen LogP contribution in [0.4, 0.5) is 0 Å². The minimum Gasteiger partial charge on any atom is -0.756 e. The molecule has 0 bridgehead atoms. The number of hydrogen-bond acceptors (Lipinski definition) is 8. The third kappa shape index (κ3) is 48.5. The Kier molecular flexibility index (Phi) is 44.5. The minimum atomic E-state index is -4.62. The third-order valence-electron chi connectivity index (χ3n) is 12.1. The van der Waals surface area contributed by atoms with Gasteiger partial charge < -0.3 is 27.9 Å². The van der Waals surface area contributed by atoms with Crippen molar-refractivity contribution in [3.8, 4) is 0 Å². The maximum absolute atomic E-state index is 12.7. The zero-order valence-corrected chi connectivity index (χ0v) is 42.7. The summed E-state index contributed by atoms with van der Waals surface area (Å²) in [4.78, 5) is 37.7. The first kappa shape index (κ1) is 61.0. The van der Waals surface area contributed by atoms with Crippen LogP contribution in [0.15, 0.2) is 0 Å². The SMILES string of the molecule is CCCCCCCCCCCCCCCCCCCCCCCCCCCC(=O)OC(COC(=O)CCCCCCCCCCCCCCC)COP(=O)([O-])OCC[N+](C)(C)C. The Morgan fingerprint density at radius 1 is 0.435 bits per heavy atom. The van der Waals surface area contributed by atoms with Crippen LogP contribution in [0.3, 0.4) is 0 Å². The highest BCUT2D eigenvalue weighted by Crippen LogP contribution is 2.38. The Morgan fingerprint density at radius 2 is 0.726 bits per heavy atom. The van der Waals surface area contributed by atoms with Crippen LogP contribution in [-0.4, -0.2) is 70.0 Å². The second-order valence-electron chi connectivity index (χ2n) is 19.6. The van der Waals surface area contributed by atoms with Gasteiger partial charge in [0.1, 0.15) is 19.8 Å². The lowest BCUT2D eigenvalue weighted by molar-refractivity contribution is -0.870. The molecule has 0 radical (unpaired) electrons. The Labute approximate surface area is 384 Å². The molecular weight excluding hydrogens is 798 g/mol. The van der Waals surface area contributed by atoms with Gasteiger partial charge in [0.2, 0.25) is 0 Å². The van der Waals surface area contributed by atoms with Crippen LogP contribution in [0.1, 0.15) is 271 Å². The van der Waals surface area contributed by atoms with Gasteiger partial charge in [-0.25, -0.2) is 0 Å². The van der Waals surface area contributed by atoms with Crippen molar-refractivity contribution in [1.29, 1.82) is 0 Å². The van der Waals surface area contributed by atoms with E-state index in [2.05, 4.69) is 13.8 Å². The molecule has 0 aliphatic heterocycles. The molecule has 0 N–H and O–H groups in total. The Hall–Kier alpha value is -0.990. The summed E-state index contributed by atoms with van der Waals surface area (Å²) in [6, 6.07) is 0. The van der Waals surface area contributed by atoms with Gasteiger partial charge in [0.15, 0.2) is 6.10 Å². The van der Waals surface area contributed by atoms with Gasteiger partial charge in [-0.1, -0.05) is 245 Å². The lowest BCUT2D eigenvalue weighted by atomic mass is 10.0. The van der Waals surface area contributed by atoms with Gasteiger partial charge in [0.25, 0.3) is 7.82 Å². The number of ether oxygens (including phenoxy) is 2. The summed E-state index contributed by atoms with van der Waals surface area (Å²) >= 11 is 0. The smallest absolute Gasteiger partial charge is 0.306 e. The highest BCUT2D eigenvalue weighted by atomic mass is 31.2. The van der Waals surface area contributed by atoms with Gasteiger partial charge in [-0.15, -0.1) is 0 Å². The molecular formula is C52H104NO8P. The lowest BCUT2D eigenvalue weighted by Crippen LogP contribution is -2.37. The van der Waals surface area contributed by atoms with Gasteiger partial charge in [0, 0.05) is 12.8 Å². The molecule has 0 fully saturated rings. The summed E-state index contributed by atoms with van der Waals surface area (Å²) < 4.78 is 34.1. The monoisotopic (exact) mass is 902 g/mol. The van der Waals surface area contributed by atoms with E-state index in [9.17, 15) is 19.0 Å². The molecule has 0 aromatic heterocycles. The van der Waals surface area contributed by atoms with E-state index in [4.69, 9.17) is 18.5 Å². The van der Waals surface area contributed by atoms with Crippen LogP contribution in [0.5, 0.6) is 0 Å². The Morgan fingerprint density at radius 3 is 1.03 bits per heavy atom. The number of quaternary nitrogens is 1. The molecule has 10 heteroatoms. The summed E-state index contributed by atoms with van der Waals surface area (Å²) in [5.41, 5.74) is 0. The summed E-state index contributed by atoms with van der Waals surface area (Å²) in [5.74, 6) is -0.814. The first-order valence-electron chi connectivity index (χ1n) is 26.7. The van der Waals surface area contributed by atoms with E-state index in [1.54, 1.807) is 0 Å². The van der Waals surface area contributed by atoms with Gasteiger partial charge in [-0.05, 0) is 12.8 Å². The molecule has 370 valence electrons. The van der Waals surface area contributed by atoms with Gasteiger partial charge >= 0.3 is 11.9 Å². The molecule has 0 amide bonds. The Bertz CT molecular complexity index is 1020. The van der Waals surface area contributed by atoms with Crippen molar-refractivity contribution < 1.29 is 42.1 Å². The maximum Gasteiger partial charge on any atom is 0.306 e. The predicted molar refractivity (Wildman–Crippen MR) is 259 cm³/mol. The van der Waals surface area contributed by atoms with Crippen LogP contribution in [-0.2, 0) is 32.7 Å². The summed E-state index contributed by atoms with van der Waals surface area (Å²) in [7, 11) is 1.19. The minimum absolute atomic E-state index is 0.0254. The summed E-state index contributed by atoms with van der Waals surface area (Å²) in [6.07, 6.45) is 48.6. The number of phosphoric acid groups is 1. The molecule has 0 heterocycles. The fourth-order valence-corrected chi connectivity index (χ4v) is 8.68. The molecule has 2 unspecified atom stereocenters. The first-order chi connectivity index (χ1) is 30.0. The number of carbonyl (C=O) groups excluding carboxylic acids is 2. The van der Waals surface area contributed by atoms with E-state index in [1.807, 2.05) is 21.1 Å². The highest BCUT2D eigenvalue weighted by molar-refractivity contribution is 7.45. The van der Waals surface area contributed by atoms with Crippen LogP contribution >= 0.6 is 7.82 Å². The molecule has 0 aliphatic carbocycles. The Balaban J connectivity index is 4.09. The van der Waals surface area contributed by atoms with E-state index in [-0.39, 0.29) is 32.0 Å². The molecule has 0 aromatic carbocycles. The van der Waals surface area contributed by atoms with Crippen molar-refractivity contribution in [2.24, 2.45) is 0 Å².